The highest BCUT2D eigenvalue weighted by Crippen LogP contribution is 2.24. The van der Waals surface area contributed by atoms with Crippen LogP contribution in [0.15, 0.2) is 59.0 Å². The van der Waals surface area contributed by atoms with Crippen LogP contribution in [-0.2, 0) is 4.79 Å². The molecule has 0 saturated heterocycles. The smallest absolute Gasteiger partial charge is 0.253 e. The number of benzene rings is 2. The van der Waals surface area contributed by atoms with Crippen LogP contribution in [0.2, 0.25) is 0 Å². The molecule has 2 amide bonds. The van der Waals surface area contributed by atoms with Crippen LogP contribution in [0.4, 0.5) is 5.69 Å². The van der Waals surface area contributed by atoms with Crippen molar-refractivity contribution >= 4 is 28.5 Å². The molecule has 1 atom stereocenters. The Balaban J connectivity index is 1.35. The molecule has 0 aliphatic heterocycles. The van der Waals surface area contributed by atoms with Crippen molar-refractivity contribution in [3.05, 3.63) is 65.9 Å². The van der Waals surface area contributed by atoms with Gasteiger partial charge in [0.1, 0.15) is 11.3 Å². The van der Waals surface area contributed by atoms with Crippen LogP contribution in [-0.4, -0.2) is 24.4 Å². The molecule has 1 aliphatic carbocycles. The van der Waals surface area contributed by atoms with Gasteiger partial charge in [-0.3, -0.25) is 14.9 Å². The number of carbonyl (C=O) groups excluding carboxylic acids is 2. The molecule has 3 N–H and O–H groups in total. The van der Waals surface area contributed by atoms with Gasteiger partial charge in [-0.05, 0) is 44.0 Å². The van der Waals surface area contributed by atoms with E-state index in [0.717, 1.165) is 42.4 Å². The standard InChI is InChI=1S/C24H27N3O3/c1-16(22-14-17-8-2-7-13-21(17)30-22)25-15-23(28)27-20-12-6-5-11-19(20)24(29)26-18-9-3-4-10-18/h2,5-8,11-14,16,18,25H,3-4,9-10,15H2,1H3,(H,26,29)(H,27,28). The fourth-order valence-electron chi connectivity index (χ4n) is 3.88. The van der Waals surface area contributed by atoms with Crippen molar-refractivity contribution < 1.29 is 14.0 Å². The normalized spacial score (nSPS) is 15.2. The Morgan fingerprint density at radius 2 is 1.80 bits per heavy atom. The average Bonchev–Trinajstić information content (AvgIpc) is 3.42. The number of fused-ring (bicyclic) bond motifs is 1. The summed E-state index contributed by atoms with van der Waals surface area (Å²) in [5.41, 5.74) is 1.84. The third-order valence-electron chi connectivity index (χ3n) is 5.58. The van der Waals surface area contributed by atoms with Crippen molar-refractivity contribution in [2.45, 2.75) is 44.7 Å². The van der Waals surface area contributed by atoms with Crippen molar-refractivity contribution in [1.29, 1.82) is 0 Å². The van der Waals surface area contributed by atoms with Gasteiger partial charge in [0, 0.05) is 11.4 Å². The van der Waals surface area contributed by atoms with Crippen LogP contribution >= 0.6 is 0 Å². The molecule has 4 rings (SSSR count). The summed E-state index contributed by atoms with van der Waals surface area (Å²) in [6, 6.07) is 17.0. The highest BCUT2D eigenvalue weighted by molar-refractivity contribution is 6.04. The molecule has 6 heteroatoms. The van der Waals surface area contributed by atoms with Gasteiger partial charge in [-0.15, -0.1) is 0 Å². The number of rotatable bonds is 7. The summed E-state index contributed by atoms with van der Waals surface area (Å²) in [4.78, 5) is 25.2. The first-order valence-corrected chi connectivity index (χ1v) is 10.5. The van der Waals surface area contributed by atoms with Crippen molar-refractivity contribution in [2.75, 3.05) is 11.9 Å². The molecule has 0 bridgehead atoms. The Kier molecular flexibility index (Phi) is 6.14. The van der Waals surface area contributed by atoms with Crippen LogP contribution in [0.3, 0.4) is 0 Å². The zero-order valence-electron chi connectivity index (χ0n) is 17.1. The maximum atomic E-state index is 12.6. The number of hydrogen-bond acceptors (Lipinski definition) is 4. The van der Waals surface area contributed by atoms with Crippen LogP contribution in [0.1, 0.15) is 54.8 Å². The minimum absolute atomic E-state index is 0.108. The highest BCUT2D eigenvalue weighted by atomic mass is 16.3. The SMILES string of the molecule is CC(NCC(=O)Nc1ccccc1C(=O)NC1CCCC1)c1cc2ccccc2o1. The summed E-state index contributed by atoms with van der Waals surface area (Å²) >= 11 is 0. The number of furan rings is 1. The van der Waals surface area contributed by atoms with Gasteiger partial charge in [0.05, 0.1) is 23.8 Å². The predicted molar refractivity (Wildman–Crippen MR) is 117 cm³/mol. The summed E-state index contributed by atoms with van der Waals surface area (Å²) in [6.07, 6.45) is 4.34. The zero-order chi connectivity index (χ0) is 20.9. The maximum Gasteiger partial charge on any atom is 0.253 e. The lowest BCUT2D eigenvalue weighted by Crippen LogP contribution is -2.34. The number of amides is 2. The van der Waals surface area contributed by atoms with E-state index in [4.69, 9.17) is 4.42 Å². The second-order valence-electron chi connectivity index (χ2n) is 7.84. The molecular weight excluding hydrogens is 378 g/mol. The lowest BCUT2D eigenvalue weighted by molar-refractivity contribution is -0.115. The Bertz CT molecular complexity index is 1000. The van der Waals surface area contributed by atoms with E-state index in [9.17, 15) is 9.59 Å². The molecular formula is C24H27N3O3. The topological polar surface area (TPSA) is 83.4 Å². The van der Waals surface area contributed by atoms with Crippen molar-refractivity contribution in [3.63, 3.8) is 0 Å². The maximum absolute atomic E-state index is 12.6. The first-order chi connectivity index (χ1) is 14.6. The van der Waals surface area contributed by atoms with Gasteiger partial charge in [0.15, 0.2) is 0 Å². The molecule has 1 saturated carbocycles. The fourth-order valence-corrected chi connectivity index (χ4v) is 3.88. The molecule has 0 radical (unpaired) electrons. The molecule has 156 valence electrons. The Hall–Kier alpha value is -3.12. The van der Waals surface area contributed by atoms with Gasteiger partial charge in [-0.1, -0.05) is 43.2 Å². The summed E-state index contributed by atoms with van der Waals surface area (Å²) in [5.74, 6) is 0.431. The largest absolute Gasteiger partial charge is 0.459 e. The Morgan fingerprint density at radius 1 is 1.07 bits per heavy atom. The number of carbonyl (C=O) groups is 2. The molecule has 2 aromatic carbocycles. The van der Waals surface area contributed by atoms with Gasteiger partial charge >= 0.3 is 0 Å². The number of anilines is 1. The Morgan fingerprint density at radius 3 is 2.60 bits per heavy atom. The van der Waals surface area contributed by atoms with Crippen LogP contribution < -0.4 is 16.0 Å². The summed E-state index contributed by atoms with van der Waals surface area (Å²) in [6.45, 7) is 2.06. The molecule has 3 aromatic rings. The van der Waals surface area contributed by atoms with Gasteiger partial charge in [0.25, 0.3) is 5.91 Å². The van der Waals surface area contributed by atoms with Crippen LogP contribution in [0.25, 0.3) is 11.0 Å². The number of hydrogen-bond donors (Lipinski definition) is 3. The average molecular weight is 405 g/mol. The van der Waals surface area contributed by atoms with Crippen LogP contribution in [0, 0.1) is 0 Å². The van der Waals surface area contributed by atoms with Crippen molar-refractivity contribution in [3.8, 4) is 0 Å². The van der Waals surface area contributed by atoms with E-state index < -0.39 is 0 Å². The predicted octanol–water partition coefficient (Wildman–Crippen LogP) is 4.39. The van der Waals surface area contributed by atoms with Gasteiger partial charge < -0.3 is 15.1 Å². The van der Waals surface area contributed by atoms with E-state index >= 15 is 0 Å². The first-order valence-electron chi connectivity index (χ1n) is 10.5. The molecule has 1 aromatic heterocycles. The second kappa shape index (κ2) is 9.13. The lowest BCUT2D eigenvalue weighted by atomic mass is 10.1. The third kappa shape index (κ3) is 4.71. The summed E-state index contributed by atoms with van der Waals surface area (Å²) < 4.78 is 5.85. The molecule has 1 unspecified atom stereocenters. The molecule has 1 aliphatic rings. The fraction of sp³-hybridized carbons (Fsp3) is 0.333. The van der Waals surface area contributed by atoms with Gasteiger partial charge in [-0.25, -0.2) is 0 Å². The van der Waals surface area contributed by atoms with E-state index in [2.05, 4.69) is 16.0 Å². The van der Waals surface area contributed by atoms with Gasteiger partial charge in [-0.2, -0.15) is 0 Å². The molecule has 6 nitrogen and oxygen atoms in total. The summed E-state index contributed by atoms with van der Waals surface area (Å²) in [7, 11) is 0. The first kappa shape index (κ1) is 20.2. The van der Waals surface area contributed by atoms with E-state index in [1.165, 1.54) is 0 Å². The van der Waals surface area contributed by atoms with E-state index in [-0.39, 0.29) is 30.4 Å². The minimum atomic E-state index is -0.209. The van der Waals surface area contributed by atoms with Crippen LogP contribution in [0.5, 0.6) is 0 Å². The Labute approximate surface area is 176 Å². The van der Waals surface area contributed by atoms with Gasteiger partial charge in [0.2, 0.25) is 5.91 Å². The number of nitrogens with one attached hydrogen (secondary N) is 3. The molecule has 1 heterocycles. The summed E-state index contributed by atoms with van der Waals surface area (Å²) in [5, 5.41) is 10.1. The molecule has 0 spiro atoms. The third-order valence-corrected chi connectivity index (χ3v) is 5.58. The van der Waals surface area contributed by atoms with E-state index in [1.807, 2.05) is 43.3 Å². The van der Waals surface area contributed by atoms with E-state index in [1.54, 1.807) is 18.2 Å². The zero-order valence-corrected chi connectivity index (χ0v) is 17.1. The van der Waals surface area contributed by atoms with E-state index in [0.29, 0.717) is 11.3 Å². The highest BCUT2D eigenvalue weighted by Gasteiger charge is 2.20. The number of para-hydroxylation sites is 2. The second-order valence-corrected chi connectivity index (χ2v) is 7.84. The molecule has 30 heavy (non-hydrogen) atoms. The lowest BCUT2D eigenvalue weighted by Gasteiger charge is -2.16. The van der Waals surface area contributed by atoms with Crippen molar-refractivity contribution in [1.82, 2.24) is 10.6 Å². The quantitative estimate of drug-likeness (QED) is 0.544. The molecule has 1 fully saturated rings. The van der Waals surface area contributed by atoms with Crippen molar-refractivity contribution in [2.24, 2.45) is 0 Å². The minimum Gasteiger partial charge on any atom is -0.459 e. The monoisotopic (exact) mass is 405 g/mol.